The number of aliphatic hydroxyl groups excluding tert-OH is 1. The number of hydrogen-bond acceptors (Lipinski definition) is 17. The highest BCUT2D eigenvalue weighted by atomic mass is 32.1. The summed E-state index contributed by atoms with van der Waals surface area (Å²) in [5, 5.41) is 9.45. The molecule has 0 bridgehead atoms. The molecule has 17 nitrogen and oxygen atoms in total. The second kappa shape index (κ2) is 36.2. The van der Waals surface area contributed by atoms with E-state index in [0.29, 0.717) is 0 Å². The van der Waals surface area contributed by atoms with Gasteiger partial charge in [0.05, 0.1) is 55.9 Å². The number of esters is 1. The van der Waals surface area contributed by atoms with Gasteiger partial charge in [-0.05, 0) is 147 Å². The van der Waals surface area contributed by atoms with Crippen LogP contribution in [-0.2, 0) is 35.8 Å². The summed E-state index contributed by atoms with van der Waals surface area (Å²) < 4.78 is 11.7. The number of carbonyl (C=O) groups excluding carboxylic acids is 5. The van der Waals surface area contributed by atoms with Crippen LogP contribution in [-0.4, -0.2) is 90.9 Å². The van der Waals surface area contributed by atoms with E-state index >= 15 is 0 Å². The molecule has 76 heavy (non-hydrogen) atoms. The highest BCUT2D eigenvalue weighted by Crippen LogP contribution is 2.15. The molecule has 18 heteroatoms. The van der Waals surface area contributed by atoms with Crippen LogP contribution in [0, 0.1) is 102 Å². The van der Waals surface area contributed by atoms with Crippen molar-refractivity contribution in [3.05, 3.63) is 116 Å². The summed E-state index contributed by atoms with van der Waals surface area (Å²) in [4.78, 5) is 85.5. The summed E-state index contributed by atoms with van der Waals surface area (Å²) in [5.74, 6) is 2.96. The number of pyridine rings is 1. The first-order chi connectivity index (χ1) is 35.0. The van der Waals surface area contributed by atoms with E-state index in [4.69, 9.17) is 9.52 Å². The van der Waals surface area contributed by atoms with Gasteiger partial charge in [0.2, 0.25) is 0 Å². The number of oxazole rings is 1. The summed E-state index contributed by atoms with van der Waals surface area (Å²) in [7, 11) is 2.03. The third-order valence-corrected chi connectivity index (χ3v) is 12.3. The number of ketones is 4. The normalized spacial score (nSPS) is 10.6. The maximum Gasteiger partial charge on any atom is 0.303 e. The molecule has 2 atom stereocenters. The van der Waals surface area contributed by atoms with Crippen LogP contribution in [0.5, 0.6) is 0 Å². The number of aliphatic hydroxyl groups is 1. The Balaban J connectivity index is 0. The molecule has 6 heterocycles. The molecule has 0 saturated carbocycles. The second-order valence-corrected chi connectivity index (χ2v) is 19.9. The number of hydrogen-bond donors (Lipinski definition) is 1. The SMILES string of the molecule is CC(=O)C(C)=O.CC(=O)C(C)O.CC(=O)OC(C)C(C)=O.CC(C)C(C)C.Cc1nc(C)c(C)o1.Cc1nc(C)c(C)s1.Cc1nc(C)n(C)c1C.Cc1nc2ccccc2nc1C.Cc1nc2cccnc2nc1C. The zero-order chi connectivity index (χ0) is 59.3. The van der Waals surface area contributed by atoms with E-state index in [2.05, 4.69) is 90.7 Å². The first-order valence-electron chi connectivity index (χ1n) is 24.9. The Kier molecular flexibility index (Phi) is 34.0. The largest absolute Gasteiger partial charge is 0.455 e. The number of carbonyl (C=O) groups is 5. The molecule has 7 aromatic rings. The van der Waals surface area contributed by atoms with Crippen LogP contribution >= 0.6 is 11.3 Å². The number of ether oxygens (including phenoxy) is 1. The van der Waals surface area contributed by atoms with Gasteiger partial charge in [-0.2, -0.15) is 0 Å². The lowest BCUT2D eigenvalue weighted by molar-refractivity contribution is -0.151. The smallest absolute Gasteiger partial charge is 0.303 e. The lowest BCUT2D eigenvalue weighted by Gasteiger charge is -2.05. The molecule has 0 spiro atoms. The molecule has 0 aliphatic rings. The van der Waals surface area contributed by atoms with Crippen LogP contribution in [0.3, 0.4) is 0 Å². The zero-order valence-corrected chi connectivity index (χ0v) is 50.9. The van der Waals surface area contributed by atoms with Crippen molar-refractivity contribution in [1.82, 2.24) is 44.4 Å². The molecule has 7 rings (SSSR count). The Morgan fingerprint density at radius 2 is 0.987 bits per heavy atom. The number of benzene rings is 1. The highest BCUT2D eigenvalue weighted by molar-refractivity contribution is 7.11. The Bertz CT molecular complexity index is 2630. The lowest BCUT2D eigenvalue weighted by Crippen LogP contribution is -2.19. The lowest BCUT2D eigenvalue weighted by atomic mass is 10.0. The Morgan fingerprint density at radius 1 is 0.553 bits per heavy atom. The fourth-order valence-corrected chi connectivity index (χ4v) is 5.54. The van der Waals surface area contributed by atoms with E-state index in [0.717, 1.165) is 85.7 Å². The van der Waals surface area contributed by atoms with Crippen molar-refractivity contribution in [2.24, 2.45) is 18.9 Å². The van der Waals surface area contributed by atoms with Crippen molar-refractivity contribution >= 4 is 62.6 Å². The quantitative estimate of drug-likeness (QED) is 0.125. The van der Waals surface area contributed by atoms with Gasteiger partial charge in [0.15, 0.2) is 40.8 Å². The van der Waals surface area contributed by atoms with Gasteiger partial charge in [-0.25, -0.2) is 39.9 Å². The maximum atomic E-state index is 10.4. The predicted molar refractivity (Wildman–Crippen MR) is 306 cm³/mol. The molecule has 0 radical (unpaired) electrons. The number of imidazole rings is 1. The van der Waals surface area contributed by atoms with Crippen molar-refractivity contribution in [3.63, 3.8) is 0 Å². The van der Waals surface area contributed by atoms with Gasteiger partial charge in [0.1, 0.15) is 23.2 Å². The van der Waals surface area contributed by atoms with Crippen LogP contribution < -0.4 is 0 Å². The van der Waals surface area contributed by atoms with Crippen molar-refractivity contribution < 1.29 is 38.2 Å². The van der Waals surface area contributed by atoms with E-state index in [-0.39, 0.29) is 23.1 Å². The summed E-state index contributed by atoms with van der Waals surface area (Å²) in [6, 6.07) is 11.7. The van der Waals surface area contributed by atoms with Gasteiger partial charge in [-0.1, -0.05) is 39.8 Å². The van der Waals surface area contributed by atoms with Crippen LogP contribution in [0.4, 0.5) is 0 Å². The molecule has 6 aromatic heterocycles. The topological polar surface area (TPSA) is 236 Å². The molecule has 2 unspecified atom stereocenters. The number of aromatic nitrogens is 9. The summed E-state index contributed by atoms with van der Waals surface area (Å²) in [5.41, 5.74) is 12.0. The van der Waals surface area contributed by atoms with Crippen molar-refractivity contribution in [2.45, 2.75) is 178 Å². The molecule has 0 fully saturated rings. The average Bonchev–Trinajstić information content (AvgIpc) is 3.88. The Labute approximate surface area is 456 Å². The predicted octanol–water partition coefficient (Wildman–Crippen LogP) is 11.8. The van der Waals surface area contributed by atoms with E-state index in [1.54, 1.807) is 24.5 Å². The molecule has 0 aliphatic carbocycles. The molecule has 0 aliphatic heterocycles. The number of nitrogens with zero attached hydrogens (tertiary/aromatic N) is 9. The minimum Gasteiger partial charge on any atom is -0.455 e. The van der Waals surface area contributed by atoms with Crippen LogP contribution in [0.2, 0.25) is 0 Å². The van der Waals surface area contributed by atoms with E-state index in [1.165, 1.54) is 62.8 Å². The van der Waals surface area contributed by atoms with E-state index in [1.807, 2.05) is 120 Å². The van der Waals surface area contributed by atoms with Crippen molar-refractivity contribution in [3.8, 4) is 0 Å². The molecule has 418 valence electrons. The zero-order valence-electron chi connectivity index (χ0n) is 50.1. The van der Waals surface area contributed by atoms with Crippen LogP contribution in [0.1, 0.15) is 149 Å². The van der Waals surface area contributed by atoms with Crippen molar-refractivity contribution in [2.75, 3.05) is 0 Å². The first kappa shape index (κ1) is 71.3. The number of aryl methyl sites for hydroxylation is 12. The van der Waals surface area contributed by atoms with Crippen molar-refractivity contribution in [1.29, 1.82) is 0 Å². The molecule has 0 saturated heterocycles. The van der Waals surface area contributed by atoms with Crippen LogP contribution in [0.15, 0.2) is 47.0 Å². The molecule has 1 aromatic carbocycles. The standard InChI is InChI=1S/C10H10N2.C9H9N3.C7H12N2.C6H9NO.C6H9NS.C6H10O3.C6H14.C4H8O2.C4H6O2/c1-7-8(2)12-10-6-4-3-5-9(10)11-7;1-6-7(2)12-9-8(11-6)4-3-5-10-9;1-5-6(2)9(4)7(3)8-5;2*1-4-5(2)8-6(3)7-4;1-4(7)5(2)9-6(3)8;1-5(2)6(3)4;2*1-3(5)4(2)6/h3-6H,1-2H3;3-5H,1-2H3;1-4H3;2*1-3H3;5H,1-3H3;5-6H,1-4H3;3,5H,1-2H3;1-2H3. The molecule has 0 amide bonds. The minimum absolute atomic E-state index is 0.134. The summed E-state index contributed by atoms with van der Waals surface area (Å²) in [6.45, 7) is 44.3. The summed E-state index contributed by atoms with van der Waals surface area (Å²) in [6.07, 6.45) is 0.346. The number of para-hydroxylation sites is 2. The van der Waals surface area contributed by atoms with Gasteiger partial charge in [-0.15, -0.1) is 11.3 Å². The van der Waals surface area contributed by atoms with Crippen LogP contribution in [0.25, 0.3) is 22.2 Å². The molecule has 1 N–H and O–H groups in total. The van der Waals surface area contributed by atoms with Gasteiger partial charge in [0, 0.05) is 51.5 Å². The number of rotatable bonds is 5. The molecular weight excluding hydrogens is 983 g/mol. The third kappa shape index (κ3) is 29.9. The first-order valence-corrected chi connectivity index (χ1v) is 25.8. The van der Waals surface area contributed by atoms with E-state index in [9.17, 15) is 24.0 Å². The fraction of sp³-hybridized carbons (Fsp3) is 0.500. The number of thiazole rings is 1. The van der Waals surface area contributed by atoms with Gasteiger partial charge >= 0.3 is 5.97 Å². The Hall–Kier alpha value is -6.79. The van der Waals surface area contributed by atoms with Gasteiger partial charge in [-0.3, -0.25) is 24.0 Å². The monoisotopic (exact) mass is 1070 g/mol. The van der Waals surface area contributed by atoms with Gasteiger partial charge < -0.3 is 18.8 Å². The third-order valence-electron chi connectivity index (χ3n) is 11.3. The average molecular weight is 1070 g/mol. The fourth-order valence-electron chi connectivity index (χ4n) is 4.72. The van der Waals surface area contributed by atoms with E-state index < -0.39 is 18.2 Å². The van der Waals surface area contributed by atoms with Gasteiger partial charge in [0.25, 0.3) is 0 Å². The molecular formula is C58H87N9O8S. The summed E-state index contributed by atoms with van der Waals surface area (Å²) >= 11 is 1.76. The number of Topliss-reactive ketones (excluding diaryl/α,β-unsaturated/α-hetero) is 4. The highest BCUT2D eigenvalue weighted by Gasteiger charge is 2.09. The number of fused-ring (bicyclic) bond motifs is 2. The maximum absolute atomic E-state index is 10.4. The minimum atomic E-state index is -0.787. The second-order valence-electron chi connectivity index (χ2n) is 18.5. The Morgan fingerprint density at radius 3 is 1.22 bits per heavy atom.